The number of hydrogen-bond donors (Lipinski definition) is 3. The van der Waals surface area contributed by atoms with Gasteiger partial charge in [0.05, 0.1) is 5.71 Å². The number of carbonyl (C=O) groups excluding carboxylic acids is 2. The molecule has 0 aliphatic heterocycles. The van der Waals surface area contributed by atoms with Crippen LogP contribution in [0.3, 0.4) is 0 Å². The molecule has 8 nitrogen and oxygen atoms in total. The second kappa shape index (κ2) is 12.2. The van der Waals surface area contributed by atoms with Crippen LogP contribution in [-0.2, 0) is 9.68 Å². The number of rotatable bonds is 9. The molecule has 8 heteroatoms. The Morgan fingerprint density at radius 2 is 1.60 bits per heavy atom. The lowest BCUT2D eigenvalue weighted by Gasteiger charge is -2.04. The molecule has 0 aliphatic rings. The van der Waals surface area contributed by atoms with Gasteiger partial charge in [-0.2, -0.15) is 5.90 Å². The Morgan fingerprint density at radius 3 is 2.10 bits per heavy atom. The van der Waals surface area contributed by atoms with Crippen LogP contribution >= 0.6 is 0 Å². The van der Waals surface area contributed by atoms with E-state index in [1.54, 1.807) is 6.92 Å². The highest BCUT2D eigenvalue weighted by Gasteiger charge is 2.01. The van der Waals surface area contributed by atoms with Crippen LogP contribution in [0.1, 0.15) is 46.0 Å². The normalized spacial score (nSPS) is 10.8. The fourth-order valence-electron chi connectivity index (χ4n) is 1.24. The van der Waals surface area contributed by atoms with Gasteiger partial charge in [0, 0.05) is 13.1 Å². The predicted octanol–water partition coefficient (Wildman–Crippen LogP) is 1.66. The third-order valence-electron chi connectivity index (χ3n) is 2.55. The summed E-state index contributed by atoms with van der Waals surface area (Å²) in [7, 11) is 0. The molecule has 4 N–H and O–H groups in total. The number of unbranched alkanes of at least 4 members (excludes halogenated alkanes) is 3. The molecule has 0 aliphatic carbocycles. The second-order valence-corrected chi connectivity index (χ2v) is 4.23. The summed E-state index contributed by atoms with van der Waals surface area (Å²) in [6, 6.07) is 0. The monoisotopic (exact) mass is 288 g/mol. The minimum absolute atomic E-state index is 0.524. The maximum atomic E-state index is 11.2. The van der Waals surface area contributed by atoms with Crippen molar-refractivity contribution in [3.8, 4) is 0 Å². The van der Waals surface area contributed by atoms with Crippen LogP contribution in [0, 0.1) is 0 Å². The van der Waals surface area contributed by atoms with Crippen molar-refractivity contribution >= 4 is 17.9 Å². The van der Waals surface area contributed by atoms with Gasteiger partial charge in [0.1, 0.15) is 0 Å². The first-order valence-electron chi connectivity index (χ1n) is 6.73. The van der Waals surface area contributed by atoms with Crippen molar-refractivity contribution in [3.63, 3.8) is 0 Å². The quantitative estimate of drug-likeness (QED) is 0.258. The van der Waals surface area contributed by atoms with Gasteiger partial charge >= 0.3 is 12.2 Å². The molecule has 0 fully saturated rings. The van der Waals surface area contributed by atoms with Crippen LogP contribution < -0.4 is 16.5 Å². The van der Waals surface area contributed by atoms with Crippen molar-refractivity contribution in [1.82, 2.24) is 10.6 Å². The standard InChI is InChI=1S/C12H24N4O4/c1-3-10(2)16-20-12(18)15-9-7-5-4-6-8-14-11(17)19-13/h3-9,13H2,1-2H3,(H,14,17)(H,15,18)/b16-10-. The van der Waals surface area contributed by atoms with Crippen LogP contribution in [0.15, 0.2) is 5.16 Å². The Hall–Kier alpha value is -1.83. The Kier molecular flexibility index (Phi) is 11.1. The molecule has 0 spiro atoms. The van der Waals surface area contributed by atoms with Gasteiger partial charge < -0.3 is 15.5 Å². The van der Waals surface area contributed by atoms with Crippen LogP contribution in [0.2, 0.25) is 0 Å². The molecule has 0 saturated carbocycles. The lowest BCUT2D eigenvalue weighted by molar-refractivity contribution is 0.147. The number of carbonyl (C=O) groups is 2. The molecule has 0 heterocycles. The van der Waals surface area contributed by atoms with Crippen molar-refractivity contribution in [2.45, 2.75) is 46.0 Å². The molecule has 0 unspecified atom stereocenters. The Balaban J connectivity index is 3.35. The van der Waals surface area contributed by atoms with Gasteiger partial charge in [-0.1, -0.05) is 24.9 Å². The molecule has 0 bridgehead atoms. The summed E-state index contributed by atoms with van der Waals surface area (Å²) in [5, 5.41) is 8.74. The topological polar surface area (TPSA) is 115 Å². The molecule has 0 radical (unpaired) electrons. The fourth-order valence-corrected chi connectivity index (χ4v) is 1.24. The molecule has 20 heavy (non-hydrogen) atoms. The van der Waals surface area contributed by atoms with E-state index < -0.39 is 12.2 Å². The van der Waals surface area contributed by atoms with Gasteiger partial charge in [-0.15, -0.1) is 0 Å². The molecule has 2 amide bonds. The van der Waals surface area contributed by atoms with E-state index in [1.807, 2.05) is 6.92 Å². The van der Waals surface area contributed by atoms with E-state index in [4.69, 9.17) is 0 Å². The average Bonchev–Trinajstić information content (AvgIpc) is 2.46. The summed E-state index contributed by atoms with van der Waals surface area (Å²) < 4.78 is 0. The van der Waals surface area contributed by atoms with Crippen LogP contribution in [-0.4, -0.2) is 31.0 Å². The number of nitrogens with two attached hydrogens (primary N) is 1. The molecule has 0 rings (SSSR count). The third-order valence-corrected chi connectivity index (χ3v) is 2.55. The van der Waals surface area contributed by atoms with Crippen LogP contribution in [0.4, 0.5) is 9.59 Å². The largest absolute Gasteiger partial charge is 0.433 e. The first-order chi connectivity index (χ1) is 9.60. The summed E-state index contributed by atoms with van der Waals surface area (Å²) >= 11 is 0. The number of amides is 2. The number of nitrogens with one attached hydrogen (secondary N) is 2. The SMILES string of the molecule is CC/C(C)=N\OC(=O)NCCCCCCNC(=O)ON. The van der Waals surface area contributed by atoms with Crippen LogP contribution in [0.5, 0.6) is 0 Å². The number of nitrogens with zero attached hydrogens (tertiary/aromatic N) is 1. The van der Waals surface area contributed by atoms with Gasteiger partial charge in [0.15, 0.2) is 0 Å². The minimum Gasteiger partial charge on any atom is -0.357 e. The van der Waals surface area contributed by atoms with Gasteiger partial charge in [0.25, 0.3) is 0 Å². The maximum Gasteiger partial charge on any atom is 0.433 e. The van der Waals surface area contributed by atoms with Crippen molar-refractivity contribution in [2.24, 2.45) is 11.1 Å². The number of oxime groups is 1. The predicted molar refractivity (Wildman–Crippen MR) is 75.0 cm³/mol. The summed E-state index contributed by atoms with van der Waals surface area (Å²) in [4.78, 5) is 30.4. The highest BCUT2D eigenvalue weighted by molar-refractivity contribution is 5.81. The first-order valence-corrected chi connectivity index (χ1v) is 6.73. The average molecular weight is 288 g/mol. The van der Waals surface area contributed by atoms with Gasteiger partial charge in [0.2, 0.25) is 0 Å². The summed E-state index contributed by atoms with van der Waals surface area (Å²) in [5.41, 5.74) is 0.767. The third kappa shape index (κ3) is 11.3. The molecular weight excluding hydrogens is 264 g/mol. The van der Waals surface area contributed by atoms with Crippen molar-refractivity contribution in [2.75, 3.05) is 13.1 Å². The molecular formula is C12H24N4O4. The van der Waals surface area contributed by atoms with E-state index in [2.05, 4.69) is 31.4 Å². The first kappa shape index (κ1) is 18.2. The van der Waals surface area contributed by atoms with Crippen molar-refractivity contribution in [3.05, 3.63) is 0 Å². The summed E-state index contributed by atoms with van der Waals surface area (Å²) in [6.07, 6.45) is 3.14. The van der Waals surface area contributed by atoms with Crippen molar-refractivity contribution in [1.29, 1.82) is 0 Å². The zero-order valence-electron chi connectivity index (χ0n) is 12.1. The Labute approximate surface area is 119 Å². The fraction of sp³-hybridized carbons (Fsp3) is 0.750. The van der Waals surface area contributed by atoms with E-state index >= 15 is 0 Å². The molecule has 0 aromatic rings. The lowest BCUT2D eigenvalue weighted by atomic mass is 10.2. The molecule has 0 saturated heterocycles. The Morgan fingerprint density at radius 1 is 1.05 bits per heavy atom. The minimum atomic E-state index is -0.627. The zero-order valence-corrected chi connectivity index (χ0v) is 12.1. The van der Waals surface area contributed by atoms with Gasteiger partial charge in [-0.05, 0) is 26.2 Å². The van der Waals surface area contributed by atoms with E-state index in [0.717, 1.165) is 37.8 Å². The molecule has 116 valence electrons. The molecule has 0 aromatic heterocycles. The smallest absolute Gasteiger partial charge is 0.357 e. The second-order valence-electron chi connectivity index (χ2n) is 4.23. The zero-order chi connectivity index (χ0) is 15.2. The summed E-state index contributed by atoms with van der Waals surface area (Å²) in [6.45, 7) is 4.79. The van der Waals surface area contributed by atoms with E-state index in [9.17, 15) is 9.59 Å². The highest BCUT2D eigenvalue weighted by Crippen LogP contribution is 1.98. The lowest BCUT2D eigenvalue weighted by Crippen LogP contribution is -2.27. The van der Waals surface area contributed by atoms with Crippen LogP contribution in [0.25, 0.3) is 0 Å². The summed E-state index contributed by atoms with van der Waals surface area (Å²) in [5.74, 6) is 4.66. The molecule has 0 atom stereocenters. The Bertz CT molecular complexity index is 321. The number of hydrogen-bond acceptors (Lipinski definition) is 6. The highest BCUT2D eigenvalue weighted by atomic mass is 16.7. The van der Waals surface area contributed by atoms with Gasteiger partial charge in [-0.3, -0.25) is 4.84 Å². The van der Waals surface area contributed by atoms with Gasteiger partial charge in [-0.25, -0.2) is 9.59 Å². The molecule has 0 aromatic carbocycles. The van der Waals surface area contributed by atoms with E-state index in [0.29, 0.717) is 13.1 Å². The van der Waals surface area contributed by atoms with Crippen molar-refractivity contribution < 1.29 is 19.3 Å². The van der Waals surface area contributed by atoms with E-state index in [-0.39, 0.29) is 0 Å². The maximum absolute atomic E-state index is 11.2. The van der Waals surface area contributed by atoms with E-state index in [1.165, 1.54) is 0 Å².